The summed E-state index contributed by atoms with van der Waals surface area (Å²) in [4.78, 5) is 33.6. The Bertz CT molecular complexity index is 762. The van der Waals surface area contributed by atoms with E-state index >= 15 is 0 Å². The number of hydrogen-bond donors (Lipinski definition) is 0. The predicted octanol–water partition coefficient (Wildman–Crippen LogP) is 4.88. The molecule has 0 atom stereocenters. The molecule has 0 N–H and O–H groups in total. The number of nitrogens with zero attached hydrogens (tertiary/aromatic N) is 2. The molecule has 0 amide bonds. The summed E-state index contributed by atoms with van der Waals surface area (Å²) in [5.41, 5.74) is 3.90. The van der Waals surface area contributed by atoms with Crippen molar-refractivity contribution in [2.45, 2.75) is 59.3 Å². The van der Waals surface area contributed by atoms with Crippen molar-refractivity contribution in [3.63, 3.8) is 0 Å². The standard InChI is InChI=1S/C21H26N2O2/c1-13(2)20-21(14(3)4)23-17(12-22-20)19(25)11-10-18(24)16-8-6-15(5)7-9-16/h6-9,12-14H,10-11H2,1-5H3. The smallest absolute Gasteiger partial charge is 0.183 e. The minimum atomic E-state index is -0.134. The number of ketones is 2. The third-order valence-corrected chi connectivity index (χ3v) is 4.16. The van der Waals surface area contributed by atoms with Crippen molar-refractivity contribution in [3.8, 4) is 0 Å². The Hall–Kier alpha value is -2.36. The van der Waals surface area contributed by atoms with Crippen molar-refractivity contribution < 1.29 is 9.59 Å². The fraction of sp³-hybridized carbons (Fsp3) is 0.429. The number of rotatable bonds is 7. The largest absolute Gasteiger partial charge is 0.294 e. The highest BCUT2D eigenvalue weighted by atomic mass is 16.1. The van der Waals surface area contributed by atoms with Crippen molar-refractivity contribution in [1.29, 1.82) is 0 Å². The average Bonchev–Trinajstić information content (AvgIpc) is 2.59. The zero-order chi connectivity index (χ0) is 18.6. The monoisotopic (exact) mass is 338 g/mol. The van der Waals surface area contributed by atoms with Crippen LogP contribution in [0.3, 0.4) is 0 Å². The summed E-state index contributed by atoms with van der Waals surface area (Å²) in [6.45, 7) is 10.2. The molecule has 0 spiro atoms. The Balaban J connectivity index is 2.09. The van der Waals surface area contributed by atoms with E-state index in [1.807, 2.05) is 32.9 Å². The highest BCUT2D eigenvalue weighted by Gasteiger charge is 2.18. The van der Waals surface area contributed by atoms with Gasteiger partial charge in [0.15, 0.2) is 11.6 Å². The molecule has 0 unspecified atom stereocenters. The molecule has 0 radical (unpaired) electrons. The van der Waals surface area contributed by atoms with Crippen molar-refractivity contribution in [1.82, 2.24) is 9.97 Å². The van der Waals surface area contributed by atoms with E-state index in [4.69, 9.17) is 0 Å². The molecule has 1 aromatic heterocycles. The summed E-state index contributed by atoms with van der Waals surface area (Å²) >= 11 is 0. The molecule has 0 fully saturated rings. The summed E-state index contributed by atoms with van der Waals surface area (Å²) in [5.74, 6) is 0.304. The Morgan fingerprint density at radius 2 is 1.44 bits per heavy atom. The highest BCUT2D eigenvalue weighted by molar-refractivity contribution is 6.01. The first-order valence-electron chi connectivity index (χ1n) is 8.79. The molecule has 1 heterocycles. The summed E-state index contributed by atoms with van der Waals surface area (Å²) in [6, 6.07) is 7.41. The lowest BCUT2D eigenvalue weighted by Crippen LogP contribution is -2.12. The molecule has 0 aliphatic heterocycles. The van der Waals surface area contributed by atoms with E-state index in [1.165, 1.54) is 0 Å². The average molecular weight is 338 g/mol. The first-order valence-corrected chi connectivity index (χ1v) is 8.79. The van der Waals surface area contributed by atoms with Crippen LogP contribution >= 0.6 is 0 Å². The quantitative estimate of drug-likeness (QED) is 0.675. The Morgan fingerprint density at radius 1 is 0.880 bits per heavy atom. The molecule has 1 aromatic carbocycles. The third-order valence-electron chi connectivity index (χ3n) is 4.16. The maximum atomic E-state index is 12.4. The minimum absolute atomic E-state index is 0.0239. The van der Waals surface area contributed by atoms with E-state index in [-0.39, 0.29) is 36.2 Å². The second kappa shape index (κ2) is 8.15. The van der Waals surface area contributed by atoms with Crippen LogP contribution < -0.4 is 0 Å². The van der Waals surface area contributed by atoms with Crippen LogP contribution in [0.2, 0.25) is 0 Å². The van der Waals surface area contributed by atoms with Crippen molar-refractivity contribution in [2.24, 2.45) is 0 Å². The molecule has 2 aromatic rings. The molecule has 4 nitrogen and oxygen atoms in total. The van der Waals surface area contributed by atoms with Crippen molar-refractivity contribution >= 4 is 11.6 Å². The lowest BCUT2D eigenvalue weighted by Gasteiger charge is -2.14. The zero-order valence-corrected chi connectivity index (χ0v) is 15.7. The molecule has 132 valence electrons. The van der Waals surface area contributed by atoms with E-state index in [0.29, 0.717) is 11.3 Å². The molecule has 0 saturated carbocycles. The van der Waals surface area contributed by atoms with Crippen LogP contribution in [0.25, 0.3) is 0 Å². The summed E-state index contributed by atoms with van der Waals surface area (Å²) in [7, 11) is 0. The molecule has 4 heteroatoms. The second-order valence-corrected chi connectivity index (χ2v) is 7.05. The van der Waals surface area contributed by atoms with Crippen LogP contribution in [0.4, 0.5) is 0 Å². The van der Waals surface area contributed by atoms with Crippen molar-refractivity contribution in [2.75, 3.05) is 0 Å². The van der Waals surface area contributed by atoms with Crippen LogP contribution in [-0.4, -0.2) is 21.5 Å². The number of Topliss-reactive ketones (excluding diaryl/α,β-unsaturated/α-hetero) is 2. The van der Waals surface area contributed by atoms with Gasteiger partial charge in [0.05, 0.1) is 17.6 Å². The molecule has 2 rings (SSSR count). The number of aryl methyl sites for hydroxylation is 1. The predicted molar refractivity (Wildman–Crippen MR) is 99.3 cm³/mol. The lowest BCUT2D eigenvalue weighted by molar-refractivity contribution is 0.0914. The van der Waals surface area contributed by atoms with Crippen LogP contribution in [0.1, 0.15) is 90.2 Å². The number of hydrogen-bond acceptors (Lipinski definition) is 4. The molecule has 0 saturated heterocycles. The van der Waals surface area contributed by atoms with Gasteiger partial charge in [0.25, 0.3) is 0 Å². The van der Waals surface area contributed by atoms with E-state index in [2.05, 4.69) is 23.8 Å². The Morgan fingerprint density at radius 3 is 2.00 bits per heavy atom. The SMILES string of the molecule is Cc1ccc(C(=O)CCC(=O)c2cnc(C(C)C)c(C(C)C)n2)cc1. The van der Waals surface area contributed by atoms with Gasteiger partial charge >= 0.3 is 0 Å². The van der Waals surface area contributed by atoms with Gasteiger partial charge in [-0.3, -0.25) is 14.6 Å². The van der Waals surface area contributed by atoms with E-state index in [1.54, 1.807) is 18.3 Å². The van der Waals surface area contributed by atoms with Gasteiger partial charge in [-0.05, 0) is 18.8 Å². The van der Waals surface area contributed by atoms with Crippen LogP contribution in [-0.2, 0) is 0 Å². The topological polar surface area (TPSA) is 59.9 Å². The molecule has 25 heavy (non-hydrogen) atoms. The first kappa shape index (κ1) is 19.0. The number of carbonyl (C=O) groups excluding carboxylic acids is 2. The Kier molecular flexibility index (Phi) is 6.18. The number of aromatic nitrogens is 2. The molecule has 0 bridgehead atoms. The third kappa shape index (κ3) is 4.81. The Labute approximate surface area is 149 Å². The zero-order valence-electron chi connectivity index (χ0n) is 15.7. The van der Waals surface area contributed by atoms with Gasteiger partial charge < -0.3 is 0 Å². The molecule has 0 aliphatic rings. The van der Waals surface area contributed by atoms with Crippen LogP contribution in [0, 0.1) is 6.92 Å². The van der Waals surface area contributed by atoms with Gasteiger partial charge in [0, 0.05) is 18.4 Å². The van der Waals surface area contributed by atoms with Gasteiger partial charge in [-0.1, -0.05) is 57.5 Å². The number of carbonyl (C=O) groups is 2. The first-order chi connectivity index (χ1) is 11.8. The maximum absolute atomic E-state index is 12.4. The van der Waals surface area contributed by atoms with E-state index in [9.17, 15) is 9.59 Å². The summed E-state index contributed by atoms with van der Waals surface area (Å²) in [5, 5.41) is 0. The van der Waals surface area contributed by atoms with Crippen LogP contribution in [0.5, 0.6) is 0 Å². The maximum Gasteiger partial charge on any atom is 0.183 e. The lowest BCUT2D eigenvalue weighted by atomic mass is 9.99. The normalized spacial score (nSPS) is 11.2. The molecular weight excluding hydrogens is 312 g/mol. The van der Waals surface area contributed by atoms with Gasteiger partial charge in [0.1, 0.15) is 5.69 Å². The van der Waals surface area contributed by atoms with Gasteiger partial charge in [-0.25, -0.2) is 4.98 Å². The second-order valence-electron chi connectivity index (χ2n) is 7.05. The van der Waals surface area contributed by atoms with Gasteiger partial charge in [0.2, 0.25) is 0 Å². The fourth-order valence-corrected chi connectivity index (χ4v) is 2.66. The highest BCUT2D eigenvalue weighted by Crippen LogP contribution is 2.23. The van der Waals surface area contributed by atoms with Gasteiger partial charge in [-0.15, -0.1) is 0 Å². The molecular formula is C21H26N2O2. The van der Waals surface area contributed by atoms with Crippen LogP contribution in [0.15, 0.2) is 30.5 Å². The fourth-order valence-electron chi connectivity index (χ4n) is 2.66. The minimum Gasteiger partial charge on any atom is -0.294 e. The van der Waals surface area contributed by atoms with E-state index in [0.717, 1.165) is 17.0 Å². The van der Waals surface area contributed by atoms with E-state index < -0.39 is 0 Å². The summed E-state index contributed by atoms with van der Waals surface area (Å²) < 4.78 is 0. The van der Waals surface area contributed by atoms with Gasteiger partial charge in [-0.2, -0.15) is 0 Å². The summed E-state index contributed by atoms with van der Waals surface area (Å²) in [6.07, 6.45) is 1.88. The molecule has 0 aliphatic carbocycles. The number of benzene rings is 1. The van der Waals surface area contributed by atoms with Crippen molar-refractivity contribution in [3.05, 3.63) is 58.7 Å².